The van der Waals surface area contributed by atoms with E-state index >= 15 is 0 Å². The van der Waals surface area contributed by atoms with Crippen LogP contribution in [0.5, 0.6) is 5.75 Å². The lowest BCUT2D eigenvalue weighted by Gasteiger charge is -2.20. The van der Waals surface area contributed by atoms with E-state index in [4.69, 9.17) is 4.74 Å². The Labute approximate surface area is 108 Å². The molecule has 0 amide bonds. The first-order valence-corrected chi connectivity index (χ1v) is 6.22. The number of hydrogen-bond donors (Lipinski definition) is 0. The molecule has 0 N–H and O–H groups in total. The van der Waals surface area contributed by atoms with Crippen LogP contribution >= 0.6 is 0 Å². The fraction of sp³-hybridized carbons (Fsp3) is 0.176. The molecular formula is C17H16O. The molecule has 3 rings (SSSR count). The highest BCUT2D eigenvalue weighted by Crippen LogP contribution is 2.44. The van der Waals surface area contributed by atoms with E-state index in [1.54, 1.807) is 0 Å². The number of hydrogen-bond acceptors (Lipinski definition) is 1. The number of fused-ring (bicyclic) bond motifs is 1. The number of ether oxygens (including phenoxy) is 1. The summed E-state index contributed by atoms with van der Waals surface area (Å²) in [7, 11) is 0. The average molecular weight is 236 g/mol. The minimum absolute atomic E-state index is 0.264. The molecule has 0 saturated heterocycles. The molecule has 1 aliphatic rings. The van der Waals surface area contributed by atoms with Gasteiger partial charge in [-0.25, -0.2) is 0 Å². The molecule has 0 saturated carbocycles. The van der Waals surface area contributed by atoms with Crippen molar-refractivity contribution in [2.24, 2.45) is 0 Å². The van der Waals surface area contributed by atoms with Crippen LogP contribution in [0.15, 0.2) is 54.6 Å². The molecule has 0 radical (unpaired) electrons. The molecular weight excluding hydrogens is 220 g/mol. The number of rotatable bonds is 1. The van der Waals surface area contributed by atoms with Crippen LogP contribution in [0.25, 0.3) is 11.6 Å². The third-order valence-corrected chi connectivity index (χ3v) is 3.30. The van der Waals surface area contributed by atoms with Gasteiger partial charge in [-0.15, -0.1) is 0 Å². The molecule has 0 aromatic heterocycles. The van der Waals surface area contributed by atoms with Crippen molar-refractivity contribution in [3.05, 3.63) is 65.7 Å². The summed E-state index contributed by atoms with van der Waals surface area (Å²) in [5, 5.41) is 0. The van der Waals surface area contributed by atoms with E-state index in [0.29, 0.717) is 0 Å². The van der Waals surface area contributed by atoms with E-state index in [1.165, 1.54) is 16.7 Å². The van der Waals surface area contributed by atoms with Gasteiger partial charge in [0.25, 0.3) is 0 Å². The zero-order chi connectivity index (χ0) is 12.6. The second-order valence-electron chi connectivity index (χ2n) is 5.08. The molecule has 0 spiro atoms. The van der Waals surface area contributed by atoms with Gasteiger partial charge in [-0.1, -0.05) is 48.5 Å². The molecule has 2 aromatic carbocycles. The fourth-order valence-corrected chi connectivity index (χ4v) is 2.40. The van der Waals surface area contributed by atoms with Gasteiger partial charge in [0.15, 0.2) is 0 Å². The Hall–Kier alpha value is -2.02. The molecule has 0 atom stereocenters. The molecule has 0 bridgehead atoms. The molecule has 1 heteroatoms. The van der Waals surface area contributed by atoms with Crippen LogP contribution in [0.1, 0.15) is 25.0 Å². The predicted octanol–water partition coefficient (Wildman–Crippen LogP) is 4.40. The predicted molar refractivity (Wildman–Crippen MR) is 75.5 cm³/mol. The Morgan fingerprint density at radius 3 is 2.33 bits per heavy atom. The smallest absolute Gasteiger partial charge is 0.129 e. The van der Waals surface area contributed by atoms with E-state index < -0.39 is 0 Å². The summed E-state index contributed by atoms with van der Waals surface area (Å²) in [4.78, 5) is 0. The van der Waals surface area contributed by atoms with Crippen molar-refractivity contribution in [1.82, 2.24) is 0 Å². The van der Waals surface area contributed by atoms with Gasteiger partial charge in [0.2, 0.25) is 0 Å². The van der Waals surface area contributed by atoms with Crippen molar-refractivity contribution in [2.75, 3.05) is 0 Å². The lowest BCUT2D eigenvalue weighted by molar-refractivity contribution is 0.190. The maximum atomic E-state index is 6.01. The molecule has 1 aliphatic heterocycles. The van der Waals surface area contributed by atoms with E-state index in [2.05, 4.69) is 56.3 Å². The molecule has 18 heavy (non-hydrogen) atoms. The number of para-hydroxylation sites is 1. The Balaban J connectivity index is 2.13. The van der Waals surface area contributed by atoms with Gasteiger partial charge in [-0.3, -0.25) is 0 Å². The van der Waals surface area contributed by atoms with Crippen molar-refractivity contribution in [3.63, 3.8) is 0 Å². The molecule has 0 aliphatic carbocycles. The lowest BCUT2D eigenvalue weighted by Crippen LogP contribution is -2.23. The van der Waals surface area contributed by atoms with Crippen LogP contribution in [0.4, 0.5) is 0 Å². The summed E-state index contributed by atoms with van der Waals surface area (Å²) < 4.78 is 6.01. The second kappa shape index (κ2) is 4.02. The molecule has 0 unspecified atom stereocenters. The monoisotopic (exact) mass is 236 g/mol. The highest BCUT2D eigenvalue weighted by molar-refractivity contribution is 5.90. The van der Waals surface area contributed by atoms with Gasteiger partial charge >= 0.3 is 0 Å². The van der Waals surface area contributed by atoms with Crippen LogP contribution in [0.3, 0.4) is 0 Å². The standard InChI is InChI=1S/C17H16O/c1-17(2)15(12-13-8-4-3-5-9-13)14-10-6-7-11-16(14)18-17/h3-12H,1-2H3/b15-12+. The molecule has 0 fully saturated rings. The first kappa shape index (κ1) is 11.1. The minimum atomic E-state index is -0.264. The van der Waals surface area contributed by atoms with E-state index in [9.17, 15) is 0 Å². The maximum absolute atomic E-state index is 6.01. The van der Waals surface area contributed by atoms with Gasteiger partial charge in [0.05, 0.1) is 0 Å². The Morgan fingerprint density at radius 2 is 1.56 bits per heavy atom. The molecule has 2 aromatic rings. The minimum Gasteiger partial charge on any atom is -0.483 e. The fourth-order valence-electron chi connectivity index (χ4n) is 2.40. The van der Waals surface area contributed by atoms with Crippen LogP contribution in [-0.4, -0.2) is 5.60 Å². The van der Waals surface area contributed by atoms with Crippen LogP contribution < -0.4 is 4.74 Å². The third-order valence-electron chi connectivity index (χ3n) is 3.30. The first-order valence-electron chi connectivity index (χ1n) is 6.22. The summed E-state index contributed by atoms with van der Waals surface area (Å²) in [6, 6.07) is 18.6. The lowest BCUT2D eigenvalue weighted by atomic mass is 9.92. The second-order valence-corrected chi connectivity index (χ2v) is 5.08. The zero-order valence-corrected chi connectivity index (χ0v) is 10.7. The van der Waals surface area contributed by atoms with Crippen molar-refractivity contribution in [2.45, 2.75) is 19.4 Å². The van der Waals surface area contributed by atoms with Crippen LogP contribution in [0.2, 0.25) is 0 Å². The topological polar surface area (TPSA) is 9.23 Å². The van der Waals surface area contributed by atoms with Crippen molar-refractivity contribution >= 4 is 11.6 Å². The maximum Gasteiger partial charge on any atom is 0.129 e. The van der Waals surface area contributed by atoms with Crippen molar-refractivity contribution in [3.8, 4) is 5.75 Å². The van der Waals surface area contributed by atoms with Crippen molar-refractivity contribution in [1.29, 1.82) is 0 Å². The molecule has 90 valence electrons. The average Bonchev–Trinajstić information content (AvgIpc) is 2.62. The summed E-state index contributed by atoms with van der Waals surface area (Å²) in [5.41, 5.74) is 3.39. The van der Waals surface area contributed by atoms with Gasteiger partial charge < -0.3 is 4.74 Å². The van der Waals surface area contributed by atoms with Gasteiger partial charge in [0, 0.05) is 11.1 Å². The van der Waals surface area contributed by atoms with Gasteiger partial charge in [-0.2, -0.15) is 0 Å². The third kappa shape index (κ3) is 1.82. The largest absolute Gasteiger partial charge is 0.483 e. The Kier molecular flexibility index (Phi) is 2.48. The SMILES string of the molecule is CC1(C)Oc2ccccc2/C1=C\c1ccccc1. The Bertz CT molecular complexity index is 594. The van der Waals surface area contributed by atoms with E-state index in [-0.39, 0.29) is 5.60 Å². The van der Waals surface area contributed by atoms with Crippen LogP contribution in [0, 0.1) is 0 Å². The van der Waals surface area contributed by atoms with Gasteiger partial charge in [0.1, 0.15) is 11.4 Å². The van der Waals surface area contributed by atoms with Crippen LogP contribution in [-0.2, 0) is 0 Å². The summed E-state index contributed by atoms with van der Waals surface area (Å²) in [6.45, 7) is 4.23. The molecule has 1 nitrogen and oxygen atoms in total. The molecule has 1 heterocycles. The highest BCUT2D eigenvalue weighted by Gasteiger charge is 2.35. The first-order chi connectivity index (χ1) is 8.67. The zero-order valence-electron chi connectivity index (χ0n) is 10.7. The normalized spacial score (nSPS) is 18.4. The highest BCUT2D eigenvalue weighted by atomic mass is 16.5. The van der Waals surface area contributed by atoms with E-state index in [0.717, 1.165) is 5.75 Å². The summed E-state index contributed by atoms with van der Waals surface area (Å²) in [5.74, 6) is 0.977. The van der Waals surface area contributed by atoms with Crippen molar-refractivity contribution < 1.29 is 4.74 Å². The van der Waals surface area contributed by atoms with E-state index in [1.807, 2.05) is 18.2 Å². The quantitative estimate of drug-likeness (QED) is 0.713. The summed E-state index contributed by atoms with van der Waals surface area (Å²) >= 11 is 0. The Morgan fingerprint density at radius 1 is 0.889 bits per heavy atom. The summed E-state index contributed by atoms with van der Waals surface area (Å²) in [6.07, 6.45) is 2.21. The number of benzene rings is 2. The van der Waals surface area contributed by atoms with Gasteiger partial charge in [-0.05, 0) is 31.6 Å².